The second-order valence-corrected chi connectivity index (χ2v) is 15.0. The maximum Gasteiger partial charge on any atom is 0.222 e. The highest BCUT2D eigenvalue weighted by Gasteiger charge is 2.40. The number of hydrogen-bond donors (Lipinski definition) is 5. The van der Waals surface area contributed by atoms with Gasteiger partial charge in [-0.2, -0.15) is 11.8 Å². The molecule has 0 spiro atoms. The Labute approximate surface area is 361 Å². The van der Waals surface area contributed by atoms with E-state index in [0.29, 0.717) is 94.4 Å². The molecule has 0 radical (unpaired) electrons. The van der Waals surface area contributed by atoms with Gasteiger partial charge >= 0.3 is 0 Å². The summed E-state index contributed by atoms with van der Waals surface area (Å²) in [5.41, 5.74) is 0.665. The van der Waals surface area contributed by atoms with Crippen molar-refractivity contribution in [3.05, 3.63) is 22.9 Å². The molecule has 1 aromatic rings. The Bertz CT molecular complexity index is 1540. The predicted molar refractivity (Wildman–Crippen MR) is 225 cm³/mol. The van der Waals surface area contributed by atoms with Crippen LogP contribution in [0, 0.1) is 5.21 Å². The third-order valence-corrected chi connectivity index (χ3v) is 10.3. The topological polar surface area (TPSA) is 253 Å². The van der Waals surface area contributed by atoms with Crippen molar-refractivity contribution in [3.8, 4) is 11.5 Å². The van der Waals surface area contributed by atoms with Crippen LogP contribution in [-0.4, -0.2) is 159 Å². The fourth-order valence-corrected chi connectivity index (χ4v) is 6.80. The number of amides is 3. The first kappa shape index (κ1) is 51.4. The van der Waals surface area contributed by atoms with Crippen molar-refractivity contribution < 1.29 is 62.0 Å². The molecule has 344 valence electrons. The standard InChI is InChI=1S/C40H63N6O14S/c1-4-6-36(49)42-12-11-41-26-28(47)7-5-14-59-34-24-31-29(23-33(34)54-2)30(27-60-46(31)53)45-38(51)9-15-55-17-19-57-21-22-58-20-18-56-16-13-43-37(50)8-10-44-39-32(48)25-35(61-3)40(39)52/h23-24,30,35,39,41,44H,4-22,25-27H2,1-3H3,(H,42,49)(H,43,50)(H,45,51)/q-1. The first-order valence-corrected chi connectivity index (χ1v) is 22.0. The number of Topliss-reactive ketones (excluding diaryl/α,β-unsaturated/α-hetero) is 3. The van der Waals surface area contributed by atoms with Gasteiger partial charge in [0.1, 0.15) is 11.8 Å². The number of benzene rings is 1. The van der Waals surface area contributed by atoms with Crippen molar-refractivity contribution in [2.24, 2.45) is 0 Å². The van der Waals surface area contributed by atoms with Gasteiger partial charge in [-0.15, -0.1) is 0 Å². The van der Waals surface area contributed by atoms with Crippen LogP contribution in [0.2, 0.25) is 0 Å². The van der Waals surface area contributed by atoms with E-state index in [4.69, 9.17) is 33.3 Å². The summed E-state index contributed by atoms with van der Waals surface area (Å²) in [5.74, 6) is -0.101. The first-order chi connectivity index (χ1) is 29.6. The smallest absolute Gasteiger partial charge is 0.222 e. The number of thioether (sulfide) groups is 1. The van der Waals surface area contributed by atoms with E-state index in [1.165, 1.54) is 24.9 Å². The molecular formula is C40H63N6O14S-. The molecule has 2 aliphatic rings. The average molecular weight is 884 g/mol. The fourth-order valence-electron chi connectivity index (χ4n) is 6.10. The van der Waals surface area contributed by atoms with Crippen LogP contribution in [0.3, 0.4) is 0 Å². The third kappa shape index (κ3) is 19.8. The maximum atomic E-state index is 12.7. The van der Waals surface area contributed by atoms with Crippen molar-refractivity contribution in [3.63, 3.8) is 0 Å². The summed E-state index contributed by atoms with van der Waals surface area (Å²) in [5, 5.41) is 26.9. The molecular weight excluding hydrogens is 821 g/mol. The lowest BCUT2D eigenvalue weighted by molar-refractivity contribution is -0.126. The minimum absolute atomic E-state index is 0.00446. The van der Waals surface area contributed by atoms with Crippen molar-refractivity contribution in [2.45, 2.75) is 69.2 Å². The Kier molecular flexibility index (Phi) is 25.4. The highest BCUT2D eigenvalue weighted by molar-refractivity contribution is 8.00. The molecule has 20 nitrogen and oxygen atoms in total. The molecule has 0 bridgehead atoms. The van der Waals surface area contributed by atoms with Crippen LogP contribution in [0.1, 0.15) is 63.5 Å². The summed E-state index contributed by atoms with van der Waals surface area (Å²) in [6.45, 7) is 6.20. The molecule has 21 heteroatoms. The van der Waals surface area contributed by atoms with E-state index >= 15 is 0 Å². The number of ether oxygens (including phenoxy) is 6. The normalized spacial score (nSPS) is 17.2. The van der Waals surface area contributed by atoms with E-state index in [9.17, 15) is 34.0 Å². The minimum Gasteiger partial charge on any atom is -0.733 e. The van der Waals surface area contributed by atoms with Gasteiger partial charge in [0.15, 0.2) is 23.1 Å². The van der Waals surface area contributed by atoms with Crippen molar-refractivity contribution in [1.82, 2.24) is 26.6 Å². The van der Waals surface area contributed by atoms with Crippen LogP contribution in [0.4, 0.5) is 5.69 Å². The number of carbonyl (C=O) groups is 6. The summed E-state index contributed by atoms with van der Waals surface area (Å²) in [4.78, 5) is 77.8. The molecule has 1 aliphatic carbocycles. The monoisotopic (exact) mass is 883 g/mol. The molecule has 1 saturated carbocycles. The van der Waals surface area contributed by atoms with Crippen LogP contribution >= 0.6 is 11.8 Å². The van der Waals surface area contributed by atoms with Crippen molar-refractivity contribution >= 4 is 52.5 Å². The average Bonchev–Trinajstić information content (AvgIpc) is 3.52. The molecule has 1 fully saturated rings. The molecule has 3 unspecified atom stereocenters. The Morgan fingerprint density at radius 3 is 2.15 bits per heavy atom. The van der Waals surface area contributed by atoms with E-state index in [0.717, 1.165) is 6.42 Å². The number of hydrogen-bond acceptors (Lipinski definition) is 18. The molecule has 1 heterocycles. The van der Waals surface area contributed by atoms with E-state index < -0.39 is 12.1 Å². The summed E-state index contributed by atoms with van der Waals surface area (Å²) in [6, 6.07) is 1.68. The summed E-state index contributed by atoms with van der Waals surface area (Å²) in [6.07, 6.45) is 4.23. The SMILES string of the molecule is CCCC(=O)NCCNCC(=O)CCCOc1cc2c(cc1OC)C(NC(=O)CCOCCOCCOCCOCCNC(=O)CCNC1C(=O)CC(SC)C1=O)CON2[O-]. The van der Waals surface area contributed by atoms with E-state index in [1.54, 1.807) is 12.3 Å². The molecule has 3 atom stereocenters. The van der Waals surface area contributed by atoms with Gasteiger partial charge in [-0.3, -0.25) is 33.6 Å². The van der Waals surface area contributed by atoms with Gasteiger partial charge in [-0.25, -0.2) is 0 Å². The van der Waals surface area contributed by atoms with Gasteiger partial charge in [-0.05, 0) is 25.2 Å². The molecule has 61 heavy (non-hydrogen) atoms. The highest BCUT2D eigenvalue weighted by atomic mass is 32.2. The second kappa shape index (κ2) is 30.2. The largest absolute Gasteiger partial charge is 0.733 e. The molecule has 3 amide bonds. The first-order valence-electron chi connectivity index (χ1n) is 20.7. The van der Waals surface area contributed by atoms with Crippen LogP contribution < -0.4 is 41.3 Å². The van der Waals surface area contributed by atoms with Gasteiger partial charge in [0.05, 0.1) is 96.7 Å². The van der Waals surface area contributed by atoms with E-state index in [-0.39, 0.29) is 111 Å². The lowest BCUT2D eigenvalue weighted by Crippen LogP contribution is -2.41. The number of nitrogens with one attached hydrogen (secondary N) is 5. The number of carbonyl (C=O) groups excluding carboxylic acids is 6. The van der Waals surface area contributed by atoms with E-state index in [2.05, 4.69) is 26.6 Å². The second-order valence-electron chi connectivity index (χ2n) is 14.0. The number of anilines is 1. The number of nitrogens with zero attached hydrogens (tertiary/aromatic N) is 1. The van der Waals surface area contributed by atoms with Gasteiger partial charge in [0.2, 0.25) is 17.7 Å². The van der Waals surface area contributed by atoms with Crippen molar-refractivity contribution in [2.75, 3.05) is 117 Å². The molecule has 0 aromatic heterocycles. The number of ketones is 3. The van der Waals surface area contributed by atoms with Gasteiger partial charge < -0.3 is 65.4 Å². The lowest BCUT2D eigenvalue weighted by atomic mass is 10.0. The van der Waals surface area contributed by atoms with Crippen LogP contribution in [0.25, 0.3) is 0 Å². The molecule has 5 N–H and O–H groups in total. The highest BCUT2D eigenvalue weighted by Crippen LogP contribution is 2.40. The van der Waals surface area contributed by atoms with Gasteiger partial charge in [-0.1, -0.05) is 6.92 Å². The van der Waals surface area contributed by atoms with Crippen LogP contribution in [-0.2, 0) is 52.6 Å². The maximum absolute atomic E-state index is 12.7. The molecule has 1 aliphatic heterocycles. The zero-order valence-corrected chi connectivity index (χ0v) is 36.3. The zero-order chi connectivity index (χ0) is 44.2. The number of fused-ring (bicyclic) bond motifs is 1. The predicted octanol–water partition coefficient (Wildman–Crippen LogP) is 0.530. The van der Waals surface area contributed by atoms with Crippen LogP contribution in [0.15, 0.2) is 12.1 Å². The summed E-state index contributed by atoms with van der Waals surface area (Å²) >= 11 is 1.37. The van der Waals surface area contributed by atoms with Gasteiger partial charge in [0, 0.05) is 69.9 Å². The van der Waals surface area contributed by atoms with Gasteiger partial charge in [0.25, 0.3) is 0 Å². The Hall–Kier alpha value is -3.93. The number of methoxy groups -OCH3 is 1. The third-order valence-electron chi connectivity index (χ3n) is 9.31. The quantitative estimate of drug-likeness (QED) is 0.0468. The fraction of sp³-hybridized carbons (Fsp3) is 0.700. The summed E-state index contributed by atoms with van der Waals surface area (Å²) < 4.78 is 33.3. The minimum atomic E-state index is -0.815. The Morgan fingerprint density at radius 1 is 0.803 bits per heavy atom. The molecule has 3 rings (SSSR count). The number of rotatable bonds is 34. The summed E-state index contributed by atoms with van der Waals surface area (Å²) in [7, 11) is 1.46. The zero-order valence-electron chi connectivity index (χ0n) is 35.5. The molecule has 1 aromatic carbocycles. The Balaban J connectivity index is 1.18. The molecule has 0 saturated heterocycles. The Morgan fingerprint density at radius 2 is 1.48 bits per heavy atom. The van der Waals surface area contributed by atoms with E-state index in [1.807, 2.05) is 6.92 Å². The van der Waals surface area contributed by atoms with Crippen LogP contribution in [0.5, 0.6) is 11.5 Å². The van der Waals surface area contributed by atoms with Crippen molar-refractivity contribution in [1.29, 1.82) is 0 Å². The lowest BCUT2D eigenvalue weighted by Gasteiger charge is -2.39.